The van der Waals surface area contributed by atoms with E-state index in [4.69, 9.17) is 5.11 Å². The van der Waals surface area contributed by atoms with Crippen molar-refractivity contribution in [2.75, 3.05) is 0 Å². The highest BCUT2D eigenvalue weighted by atomic mass is 16.4. The summed E-state index contributed by atoms with van der Waals surface area (Å²) in [6.07, 6.45) is 2.38. The van der Waals surface area contributed by atoms with Gasteiger partial charge in [-0.25, -0.2) is 0 Å². The molecule has 1 fully saturated rings. The molecular weight excluding hydrogens is 180 g/mol. The molecule has 1 saturated carbocycles. The van der Waals surface area contributed by atoms with Gasteiger partial charge in [0.05, 0.1) is 5.69 Å². The van der Waals surface area contributed by atoms with Crippen molar-refractivity contribution >= 4 is 5.97 Å². The van der Waals surface area contributed by atoms with Gasteiger partial charge in [0.1, 0.15) is 5.41 Å². The van der Waals surface area contributed by atoms with Gasteiger partial charge < -0.3 is 5.11 Å². The topological polar surface area (TPSA) is 66.0 Å². The molecule has 0 spiro atoms. The average Bonchev–Trinajstić information content (AvgIpc) is 2.83. The van der Waals surface area contributed by atoms with Gasteiger partial charge in [0.25, 0.3) is 0 Å². The summed E-state index contributed by atoms with van der Waals surface area (Å²) in [5.41, 5.74) is 0.796. The van der Waals surface area contributed by atoms with Crippen molar-refractivity contribution in [3.05, 3.63) is 17.5 Å². The smallest absolute Gasteiger partial charge is 0.315 e. The number of nitrogens with one attached hydrogen (secondary N) is 1. The second-order valence-corrected chi connectivity index (χ2v) is 4.41. The summed E-state index contributed by atoms with van der Waals surface area (Å²) in [5, 5.41) is 16.0. The molecule has 2 rings (SSSR count). The number of aromatic amines is 1. The van der Waals surface area contributed by atoms with Crippen LogP contribution in [0.5, 0.6) is 0 Å². The van der Waals surface area contributed by atoms with Crippen molar-refractivity contribution in [2.45, 2.75) is 38.0 Å². The largest absolute Gasteiger partial charge is 0.481 e. The van der Waals surface area contributed by atoms with Gasteiger partial charge in [0.15, 0.2) is 0 Å². The number of carbonyl (C=O) groups is 1. The van der Waals surface area contributed by atoms with E-state index in [-0.39, 0.29) is 0 Å². The predicted octanol–water partition coefficient (Wildman–Crippen LogP) is 1.65. The number of aliphatic carboxylic acids is 1. The molecule has 0 unspecified atom stereocenters. The summed E-state index contributed by atoms with van der Waals surface area (Å²) >= 11 is 0. The van der Waals surface area contributed by atoms with E-state index >= 15 is 0 Å². The summed E-state index contributed by atoms with van der Waals surface area (Å²) in [7, 11) is 0. The number of hydrogen-bond donors (Lipinski definition) is 2. The van der Waals surface area contributed by atoms with E-state index in [1.54, 1.807) is 13.8 Å². The summed E-state index contributed by atoms with van der Waals surface area (Å²) in [6.45, 7) is 3.34. The van der Waals surface area contributed by atoms with Crippen molar-refractivity contribution < 1.29 is 9.90 Å². The zero-order valence-corrected chi connectivity index (χ0v) is 8.37. The molecule has 1 aromatic heterocycles. The molecule has 0 bridgehead atoms. The molecule has 4 nitrogen and oxygen atoms in total. The van der Waals surface area contributed by atoms with E-state index in [1.807, 2.05) is 6.07 Å². The lowest BCUT2D eigenvalue weighted by Crippen LogP contribution is -2.28. The molecule has 0 aromatic carbocycles. The minimum atomic E-state index is -0.899. The fraction of sp³-hybridized carbons (Fsp3) is 0.600. The number of nitrogens with zero attached hydrogens (tertiary/aromatic N) is 1. The minimum absolute atomic E-state index is 0.584. The summed E-state index contributed by atoms with van der Waals surface area (Å²) in [6, 6.07) is 1.88. The maximum atomic E-state index is 11.0. The van der Waals surface area contributed by atoms with Crippen LogP contribution in [0.2, 0.25) is 0 Å². The Morgan fingerprint density at radius 3 is 2.79 bits per heavy atom. The molecule has 0 saturated heterocycles. The molecule has 76 valence electrons. The first-order valence-electron chi connectivity index (χ1n) is 4.81. The molecule has 0 aliphatic heterocycles. The van der Waals surface area contributed by atoms with Crippen LogP contribution in [-0.4, -0.2) is 21.3 Å². The van der Waals surface area contributed by atoms with Crippen LogP contribution in [0, 0.1) is 0 Å². The van der Waals surface area contributed by atoms with Crippen molar-refractivity contribution in [3.63, 3.8) is 0 Å². The fourth-order valence-corrected chi connectivity index (χ4v) is 1.37. The van der Waals surface area contributed by atoms with Crippen molar-refractivity contribution in [1.29, 1.82) is 0 Å². The van der Waals surface area contributed by atoms with Gasteiger partial charge in [0.2, 0.25) is 0 Å². The Morgan fingerprint density at radius 2 is 2.29 bits per heavy atom. The average molecular weight is 194 g/mol. The first-order chi connectivity index (χ1) is 6.51. The molecule has 14 heavy (non-hydrogen) atoms. The first-order valence-corrected chi connectivity index (χ1v) is 4.81. The van der Waals surface area contributed by atoms with Gasteiger partial charge in [-0.15, -0.1) is 0 Å². The van der Waals surface area contributed by atoms with Crippen molar-refractivity contribution in [2.24, 2.45) is 0 Å². The Labute approximate surface area is 82.3 Å². The molecule has 0 amide bonds. The number of H-pyrrole nitrogens is 1. The lowest BCUT2D eigenvalue weighted by Gasteiger charge is -2.15. The molecule has 1 aliphatic carbocycles. The number of aromatic nitrogens is 2. The van der Waals surface area contributed by atoms with E-state index in [2.05, 4.69) is 10.2 Å². The Kier molecular flexibility index (Phi) is 1.87. The normalized spacial score (nSPS) is 17.0. The molecule has 4 heteroatoms. The van der Waals surface area contributed by atoms with Crippen LogP contribution >= 0.6 is 0 Å². The number of carboxylic acids is 1. The highest BCUT2D eigenvalue weighted by Gasteiger charge is 2.34. The van der Waals surface area contributed by atoms with Gasteiger partial charge in [-0.05, 0) is 32.8 Å². The van der Waals surface area contributed by atoms with Crippen LogP contribution in [-0.2, 0) is 10.2 Å². The number of carboxylic acid groups (broad SMARTS) is 1. The molecule has 1 aliphatic rings. The van der Waals surface area contributed by atoms with Crippen molar-refractivity contribution in [1.82, 2.24) is 10.2 Å². The molecule has 0 atom stereocenters. The van der Waals surface area contributed by atoms with Crippen LogP contribution < -0.4 is 0 Å². The molecule has 1 heterocycles. The second kappa shape index (κ2) is 2.83. The van der Waals surface area contributed by atoms with Crippen molar-refractivity contribution in [3.8, 4) is 0 Å². The lowest BCUT2D eigenvalue weighted by molar-refractivity contribution is -0.142. The third-order valence-electron chi connectivity index (χ3n) is 2.79. The van der Waals surface area contributed by atoms with E-state index in [0.29, 0.717) is 11.6 Å². The van der Waals surface area contributed by atoms with Crippen LogP contribution in [0.25, 0.3) is 0 Å². The zero-order chi connectivity index (χ0) is 10.3. The third kappa shape index (κ3) is 1.41. The van der Waals surface area contributed by atoms with E-state index in [9.17, 15) is 4.79 Å². The number of hydrogen-bond acceptors (Lipinski definition) is 2. The summed E-state index contributed by atoms with van der Waals surface area (Å²) < 4.78 is 0. The van der Waals surface area contributed by atoms with Gasteiger partial charge in [-0.3, -0.25) is 9.89 Å². The Hall–Kier alpha value is -1.32. The quantitative estimate of drug-likeness (QED) is 0.768. The third-order valence-corrected chi connectivity index (χ3v) is 2.79. The highest BCUT2D eigenvalue weighted by molar-refractivity contribution is 5.79. The minimum Gasteiger partial charge on any atom is -0.481 e. The van der Waals surface area contributed by atoms with Gasteiger partial charge in [0, 0.05) is 11.6 Å². The number of rotatable bonds is 3. The van der Waals surface area contributed by atoms with Gasteiger partial charge >= 0.3 is 5.97 Å². The van der Waals surface area contributed by atoms with Crippen LogP contribution in [0.15, 0.2) is 6.07 Å². The highest BCUT2D eigenvalue weighted by Crippen LogP contribution is 2.40. The summed E-state index contributed by atoms with van der Waals surface area (Å²) in [4.78, 5) is 11.0. The SMILES string of the molecule is CC(C)(C(=O)O)c1cc(C2CC2)[nH]n1. The Bertz CT molecular complexity index is 364. The first kappa shape index (κ1) is 9.24. The monoisotopic (exact) mass is 194 g/mol. The van der Waals surface area contributed by atoms with Gasteiger partial charge in [-0.2, -0.15) is 5.10 Å². The summed E-state index contributed by atoms with van der Waals surface area (Å²) in [5.74, 6) is -0.257. The maximum Gasteiger partial charge on any atom is 0.315 e. The van der Waals surface area contributed by atoms with Crippen LogP contribution in [0.4, 0.5) is 0 Å². The maximum absolute atomic E-state index is 11.0. The van der Waals surface area contributed by atoms with Crippen LogP contribution in [0.1, 0.15) is 44.0 Å². The standard InChI is InChI=1S/C10H14N2O2/c1-10(2,9(13)14)8-5-7(11-12-8)6-3-4-6/h5-6H,3-4H2,1-2H3,(H,11,12)(H,13,14). The molecular formula is C10H14N2O2. The fourth-order valence-electron chi connectivity index (χ4n) is 1.37. The van der Waals surface area contributed by atoms with E-state index in [1.165, 1.54) is 12.8 Å². The molecule has 0 radical (unpaired) electrons. The van der Waals surface area contributed by atoms with Gasteiger partial charge in [-0.1, -0.05) is 0 Å². The Morgan fingerprint density at radius 1 is 1.64 bits per heavy atom. The predicted molar refractivity (Wildman–Crippen MR) is 51.2 cm³/mol. The molecule has 2 N–H and O–H groups in total. The Balaban J connectivity index is 2.27. The van der Waals surface area contributed by atoms with E-state index in [0.717, 1.165) is 5.69 Å². The second-order valence-electron chi connectivity index (χ2n) is 4.41. The van der Waals surface area contributed by atoms with E-state index < -0.39 is 11.4 Å². The zero-order valence-electron chi connectivity index (χ0n) is 8.37. The lowest BCUT2D eigenvalue weighted by atomic mass is 9.89. The molecule has 1 aromatic rings. The van der Waals surface area contributed by atoms with Crippen LogP contribution in [0.3, 0.4) is 0 Å².